The monoisotopic (exact) mass is 208 g/mol. The smallest absolute Gasteiger partial charge is 0.321 e. The van der Waals surface area contributed by atoms with Crippen molar-refractivity contribution in [2.24, 2.45) is 4.58 Å². The van der Waals surface area contributed by atoms with Gasteiger partial charge in [-0.2, -0.15) is 0 Å². The Morgan fingerprint density at radius 2 is 2.08 bits per heavy atom. The minimum atomic E-state index is -1.21. The van der Waals surface area contributed by atoms with Crippen molar-refractivity contribution in [2.45, 2.75) is 6.04 Å². The average molecular weight is 208 g/mol. The Kier molecular flexibility index (Phi) is 5.81. The van der Waals surface area contributed by atoms with Gasteiger partial charge in [-0.3, -0.25) is 14.9 Å². The SMILES string of the molecule is O=NSC[C@H](NCC(=O)O)C(=O)O. The summed E-state index contributed by atoms with van der Waals surface area (Å²) in [5, 5.41) is 19.0. The van der Waals surface area contributed by atoms with Crippen molar-refractivity contribution in [1.82, 2.24) is 5.32 Å². The molecule has 0 aliphatic heterocycles. The molecule has 0 saturated carbocycles. The summed E-state index contributed by atoms with van der Waals surface area (Å²) in [6.45, 7) is -0.462. The minimum Gasteiger partial charge on any atom is -0.480 e. The average Bonchev–Trinajstić information content (AvgIpc) is 2.03. The summed E-state index contributed by atoms with van der Waals surface area (Å²) < 4.78 is 2.40. The number of carboxylic acid groups (broad SMARTS) is 2. The first kappa shape index (κ1) is 11.8. The Hall–Kier alpha value is -1.15. The lowest BCUT2D eigenvalue weighted by molar-refractivity contribution is -0.139. The molecule has 0 unspecified atom stereocenters. The molecule has 0 heterocycles. The highest BCUT2D eigenvalue weighted by Gasteiger charge is 2.17. The number of nitrogens with one attached hydrogen (secondary N) is 1. The van der Waals surface area contributed by atoms with Crippen LogP contribution in [-0.2, 0) is 9.59 Å². The quantitative estimate of drug-likeness (QED) is 0.382. The molecular formula is C5H8N2O5S. The molecule has 8 heteroatoms. The van der Waals surface area contributed by atoms with Crippen molar-refractivity contribution in [3.8, 4) is 0 Å². The molecular weight excluding hydrogens is 200 g/mol. The summed E-state index contributed by atoms with van der Waals surface area (Å²) in [6, 6.07) is -1.07. The normalized spacial score (nSPS) is 12.0. The number of rotatable bonds is 7. The Bertz CT molecular complexity index is 209. The van der Waals surface area contributed by atoms with Crippen LogP contribution < -0.4 is 5.32 Å². The van der Waals surface area contributed by atoms with E-state index in [1.54, 1.807) is 0 Å². The first-order valence-electron chi connectivity index (χ1n) is 3.20. The lowest BCUT2D eigenvalue weighted by atomic mass is 10.3. The number of hydrogen-bond acceptors (Lipinski definition) is 6. The number of carbonyl (C=O) groups is 2. The summed E-state index contributed by atoms with van der Waals surface area (Å²) in [5.41, 5.74) is 0. The zero-order valence-electron chi connectivity index (χ0n) is 6.47. The molecule has 0 amide bonds. The molecule has 0 fully saturated rings. The van der Waals surface area contributed by atoms with E-state index in [1.165, 1.54) is 0 Å². The van der Waals surface area contributed by atoms with E-state index in [2.05, 4.69) is 9.90 Å². The molecule has 7 nitrogen and oxygen atoms in total. The fourth-order valence-electron chi connectivity index (χ4n) is 0.533. The van der Waals surface area contributed by atoms with Gasteiger partial charge in [0, 0.05) is 22.3 Å². The van der Waals surface area contributed by atoms with E-state index in [4.69, 9.17) is 10.2 Å². The van der Waals surface area contributed by atoms with E-state index in [1.807, 2.05) is 0 Å². The Morgan fingerprint density at radius 1 is 1.46 bits per heavy atom. The molecule has 74 valence electrons. The van der Waals surface area contributed by atoms with Crippen LogP contribution in [0.25, 0.3) is 0 Å². The minimum absolute atomic E-state index is 0.0912. The van der Waals surface area contributed by atoms with Crippen LogP contribution in [-0.4, -0.2) is 40.5 Å². The van der Waals surface area contributed by atoms with Gasteiger partial charge >= 0.3 is 11.9 Å². The van der Waals surface area contributed by atoms with Crippen molar-refractivity contribution in [3.05, 3.63) is 4.91 Å². The van der Waals surface area contributed by atoms with Crippen LogP contribution in [0, 0.1) is 4.91 Å². The van der Waals surface area contributed by atoms with Crippen LogP contribution in [0.3, 0.4) is 0 Å². The zero-order chi connectivity index (χ0) is 10.3. The van der Waals surface area contributed by atoms with Gasteiger partial charge in [0.2, 0.25) is 0 Å². The maximum Gasteiger partial charge on any atom is 0.321 e. The lowest BCUT2D eigenvalue weighted by Gasteiger charge is -2.09. The molecule has 3 N–H and O–H groups in total. The Balaban J connectivity index is 3.87. The van der Waals surface area contributed by atoms with E-state index >= 15 is 0 Å². The molecule has 0 aliphatic rings. The molecule has 0 radical (unpaired) electrons. The second-order valence-electron chi connectivity index (χ2n) is 2.04. The van der Waals surface area contributed by atoms with Crippen LogP contribution in [0.1, 0.15) is 0 Å². The van der Waals surface area contributed by atoms with E-state index in [9.17, 15) is 14.5 Å². The lowest BCUT2D eigenvalue weighted by Crippen LogP contribution is -2.41. The van der Waals surface area contributed by atoms with Gasteiger partial charge < -0.3 is 10.2 Å². The summed E-state index contributed by atoms with van der Waals surface area (Å²) in [6.07, 6.45) is 0. The van der Waals surface area contributed by atoms with Gasteiger partial charge in [-0.25, -0.2) is 0 Å². The first-order valence-corrected chi connectivity index (χ1v) is 4.14. The van der Waals surface area contributed by atoms with Gasteiger partial charge in [0.1, 0.15) is 6.04 Å². The number of carboxylic acids is 2. The van der Waals surface area contributed by atoms with E-state index < -0.39 is 24.5 Å². The van der Waals surface area contributed by atoms with Crippen molar-refractivity contribution in [1.29, 1.82) is 0 Å². The summed E-state index contributed by atoms with van der Waals surface area (Å²) >= 11 is 0.529. The highest BCUT2D eigenvalue weighted by Crippen LogP contribution is 2.03. The van der Waals surface area contributed by atoms with Crippen LogP contribution in [0.15, 0.2) is 4.58 Å². The number of nitrogens with zero attached hydrogens (tertiary/aromatic N) is 1. The van der Waals surface area contributed by atoms with Crippen molar-refractivity contribution in [3.63, 3.8) is 0 Å². The Labute approximate surface area is 77.6 Å². The maximum atomic E-state index is 10.4. The number of nitroso groups, excluding NO2 is 1. The highest BCUT2D eigenvalue weighted by atomic mass is 32.2. The topological polar surface area (TPSA) is 116 Å². The van der Waals surface area contributed by atoms with Crippen LogP contribution >= 0.6 is 11.9 Å². The molecule has 0 aromatic heterocycles. The third kappa shape index (κ3) is 6.05. The first-order chi connectivity index (χ1) is 6.07. The van der Waals surface area contributed by atoms with E-state index in [0.29, 0.717) is 11.9 Å². The van der Waals surface area contributed by atoms with Gasteiger partial charge in [-0.05, 0) is 0 Å². The molecule has 0 aromatic rings. The number of aliphatic carboxylic acids is 2. The van der Waals surface area contributed by atoms with Gasteiger partial charge in [0.15, 0.2) is 0 Å². The highest BCUT2D eigenvalue weighted by molar-refractivity contribution is 7.97. The summed E-state index contributed by atoms with van der Waals surface area (Å²) in [4.78, 5) is 30.1. The second-order valence-corrected chi connectivity index (χ2v) is 2.78. The summed E-state index contributed by atoms with van der Waals surface area (Å²) in [7, 11) is 0. The second kappa shape index (κ2) is 6.38. The predicted molar refractivity (Wildman–Crippen MR) is 45.3 cm³/mol. The number of hydrogen-bond donors (Lipinski definition) is 3. The van der Waals surface area contributed by atoms with E-state index in [-0.39, 0.29) is 5.75 Å². The molecule has 0 bridgehead atoms. The van der Waals surface area contributed by atoms with Gasteiger partial charge in [-0.1, -0.05) is 0 Å². The fourth-order valence-corrected chi connectivity index (χ4v) is 1.00. The third-order valence-electron chi connectivity index (χ3n) is 1.09. The molecule has 13 heavy (non-hydrogen) atoms. The molecule has 0 rings (SSSR count). The predicted octanol–water partition coefficient (Wildman–Crippen LogP) is -0.472. The molecule has 0 saturated heterocycles. The van der Waals surface area contributed by atoms with Crippen molar-refractivity contribution >= 4 is 23.9 Å². The van der Waals surface area contributed by atoms with Gasteiger partial charge in [-0.15, -0.1) is 4.91 Å². The molecule has 1 atom stereocenters. The molecule has 0 spiro atoms. The van der Waals surface area contributed by atoms with Crippen LogP contribution in [0.4, 0.5) is 0 Å². The molecule has 0 aromatic carbocycles. The summed E-state index contributed by atoms with van der Waals surface area (Å²) in [5.74, 6) is -2.46. The van der Waals surface area contributed by atoms with Crippen LogP contribution in [0.5, 0.6) is 0 Å². The molecule has 0 aliphatic carbocycles. The third-order valence-corrected chi connectivity index (χ3v) is 1.68. The van der Waals surface area contributed by atoms with E-state index in [0.717, 1.165) is 0 Å². The van der Waals surface area contributed by atoms with Crippen molar-refractivity contribution in [2.75, 3.05) is 12.3 Å². The van der Waals surface area contributed by atoms with Crippen LogP contribution in [0.2, 0.25) is 0 Å². The largest absolute Gasteiger partial charge is 0.480 e. The van der Waals surface area contributed by atoms with Gasteiger partial charge in [0.25, 0.3) is 0 Å². The van der Waals surface area contributed by atoms with Crippen molar-refractivity contribution < 1.29 is 19.8 Å². The fraction of sp³-hybridized carbons (Fsp3) is 0.600. The zero-order valence-corrected chi connectivity index (χ0v) is 7.28. The van der Waals surface area contributed by atoms with Gasteiger partial charge in [0.05, 0.1) is 6.54 Å². The standard InChI is InChI=1S/C5H8N2O5S/c8-4(9)1-6-3(5(10)11)2-13-7-12/h3,6H,1-2H2,(H,8,9)(H,10,11)/t3-/m0/s1. The maximum absolute atomic E-state index is 10.4. The Morgan fingerprint density at radius 3 is 2.46 bits per heavy atom.